The highest BCUT2D eigenvalue weighted by atomic mass is 19.1. The molecule has 4 rings (SSSR count). The molecule has 3 aromatic rings. The normalized spacial score (nSPS) is 15.9. The van der Waals surface area contributed by atoms with Gasteiger partial charge in [0.25, 0.3) is 5.56 Å². The molecule has 1 atom stereocenters. The Morgan fingerprint density at radius 2 is 1.89 bits per heavy atom. The number of hydrogen-bond donors (Lipinski definition) is 1. The molecule has 1 aliphatic rings. The molecule has 0 saturated carbocycles. The van der Waals surface area contributed by atoms with Gasteiger partial charge in [-0.1, -0.05) is 6.07 Å². The second-order valence-corrected chi connectivity index (χ2v) is 9.68. The second-order valence-electron chi connectivity index (χ2n) is 9.68. The zero-order valence-electron chi connectivity index (χ0n) is 21.7. The quantitative estimate of drug-likeness (QED) is 0.463. The van der Waals surface area contributed by atoms with Gasteiger partial charge in [-0.15, -0.1) is 0 Å². The molecule has 9 heteroatoms. The number of likely N-dealkylation sites (N-methyl/N-ethyl adjacent to an activating group) is 1. The van der Waals surface area contributed by atoms with Crippen LogP contribution in [0.4, 0.5) is 10.1 Å². The predicted molar refractivity (Wildman–Crippen MR) is 142 cm³/mol. The van der Waals surface area contributed by atoms with E-state index in [4.69, 9.17) is 4.74 Å². The van der Waals surface area contributed by atoms with Crippen LogP contribution >= 0.6 is 0 Å². The summed E-state index contributed by atoms with van der Waals surface area (Å²) in [6.07, 6.45) is 2.12. The summed E-state index contributed by atoms with van der Waals surface area (Å²) in [5, 5.41) is 4.12. The van der Waals surface area contributed by atoms with Crippen LogP contribution < -0.4 is 15.6 Å². The van der Waals surface area contributed by atoms with E-state index in [0.29, 0.717) is 35.2 Å². The van der Waals surface area contributed by atoms with Crippen molar-refractivity contribution in [3.63, 3.8) is 0 Å². The first-order valence-corrected chi connectivity index (χ1v) is 12.5. The van der Waals surface area contributed by atoms with Gasteiger partial charge in [0.05, 0.1) is 30.5 Å². The molecule has 0 amide bonds. The lowest BCUT2D eigenvalue weighted by Crippen LogP contribution is -2.52. The molecule has 2 aromatic carbocycles. The molecule has 1 unspecified atom stereocenters. The lowest BCUT2D eigenvalue weighted by molar-refractivity contribution is 0.106. The van der Waals surface area contributed by atoms with E-state index < -0.39 is 0 Å². The second kappa shape index (κ2) is 11.8. The van der Waals surface area contributed by atoms with Crippen LogP contribution in [0, 0.1) is 5.82 Å². The lowest BCUT2D eigenvalue weighted by Gasteiger charge is -2.38. The van der Waals surface area contributed by atoms with Crippen molar-refractivity contribution in [2.45, 2.75) is 26.1 Å². The Hall–Kier alpha value is -3.01. The number of rotatable bonds is 10. The highest BCUT2D eigenvalue weighted by Gasteiger charge is 2.21. The molecule has 1 aliphatic heterocycles. The van der Waals surface area contributed by atoms with Gasteiger partial charge in [-0.05, 0) is 57.3 Å². The molecule has 0 aliphatic carbocycles. The molecule has 1 saturated heterocycles. The summed E-state index contributed by atoms with van der Waals surface area (Å²) in [6.45, 7) is 8.88. The number of halogens is 1. The predicted octanol–water partition coefficient (Wildman–Crippen LogP) is 2.72. The minimum Gasteiger partial charge on any atom is -0.497 e. The molecule has 0 spiro atoms. The minimum absolute atomic E-state index is 0.123. The number of piperazine rings is 1. The summed E-state index contributed by atoms with van der Waals surface area (Å²) in [5.41, 5.74) is 2.00. The van der Waals surface area contributed by atoms with Crippen molar-refractivity contribution >= 4 is 16.6 Å². The standard InChI is InChI=1S/C27H37FN6O2/c1-20(33-15-13-32(14-16-33)12-11-31(2)3)30-22-6-8-24-26(17-22)29-19-34(27(24)35)10-9-21-5-7-23(36-4)18-25(21)28/h5-8,17-20,30H,9-16H2,1-4H3. The summed E-state index contributed by atoms with van der Waals surface area (Å²) in [5.74, 6) is 0.137. The van der Waals surface area contributed by atoms with E-state index >= 15 is 0 Å². The van der Waals surface area contributed by atoms with Crippen LogP contribution in [0.15, 0.2) is 47.5 Å². The fourth-order valence-electron chi connectivity index (χ4n) is 4.55. The number of fused-ring (bicyclic) bond motifs is 1. The third-order valence-electron chi connectivity index (χ3n) is 6.90. The Bertz CT molecular complexity index is 1220. The van der Waals surface area contributed by atoms with Gasteiger partial charge in [0.15, 0.2) is 0 Å². The molecule has 0 radical (unpaired) electrons. The number of methoxy groups -OCH3 is 1. The van der Waals surface area contributed by atoms with Crippen molar-refractivity contribution in [1.82, 2.24) is 24.3 Å². The van der Waals surface area contributed by atoms with Gasteiger partial charge >= 0.3 is 0 Å². The van der Waals surface area contributed by atoms with Crippen molar-refractivity contribution in [2.75, 3.05) is 65.8 Å². The van der Waals surface area contributed by atoms with Crippen molar-refractivity contribution in [1.29, 1.82) is 0 Å². The molecule has 194 valence electrons. The van der Waals surface area contributed by atoms with Crippen LogP contribution in [0.2, 0.25) is 0 Å². The van der Waals surface area contributed by atoms with Gasteiger partial charge in [-0.2, -0.15) is 0 Å². The van der Waals surface area contributed by atoms with E-state index in [0.717, 1.165) is 45.0 Å². The maximum atomic E-state index is 14.3. The van der Waals surface area contributed by atoms with Crippen LogP contribution in [-0.2, 0) is 13.0 Å². The number of nitrogens with one attached hydrogen (secondary N) is 1. The minimum atomic E-state index is -0.337. The lowest BCUT2D eigenvalue weighted by atomic mass is 10.1. The highest BCUT2D eigenvalue weighted by molar-refractivity contribution is 5.81. The summed E-state index contributed by atoms with van der Waals surface area (Å²) in [4.78, 5) is 24.7. The molecule has 0 bridgehead atoms. The number of ether oxygens (including phenoxy) is 1. The molecular formula is C27H37FN6O2. The first-order chi connectivity index (χ1) is 17.3. The maximum absolute atomic E-state index is 14.3. The smallest absolute Gasteiger partial charge is 0.261 e. The first-order valence-electron chi connectivity index (χ1n) is 12.5. The Morgan fingerprint density at radius 3 is 2.58 bits per heavy atom. The summed E-state index contributed by atoms with van der Waals surface area (Å²) in [6, 6.07) is 10.5. The maximum Gasteiger partial charge on any atom is 0.261 e. The number of anilines is 1. The van der Waals surface area contributed by atoms with Crippen LogP contribution in [0.5, 0.6) is 5.75 Å². The largest absolute Gasteiger partial charge is 0.497 e. The number of nitrogens with zero attached hydrogens (tertiary/aromatic N) is 5. The number of aromatic nitrogens is 2. The first kappa shape index (κ1) is 26.1. The molecule has 1 aromatic heterocycles. The molecule has 1 fully saturated rings. The van der Waals surface area contributed by atoms with Crippen LogP contribution in [0.25, 0.3) is 10.9 Å². The topological polar surface area (TPSA) is 65.9 Å². The van der Waals surface area contributed by atoms with Crippen LogP contribution in [0.3, 0.4) is 0 Å². The zero-order chi connectivity index (χ0) is 25.7. The van der Waals surface area contributed by atoms with E-state index in [1.54, 1.807) is 18.5 Å². The average Bonchev–Trinajstić information content (AvgIpc) is 2.88. The van der Waals surface area contributed by atoms with Crippen LogP contribution in [0.1, 0.15) is 12.5 Å². The van der Waals surface area contributed by atoms with Gasteiger partial charge in [-0.25, -0.2) is 9.37 Å². The average molecular weight is 497 g/mol. The Balaban J connectivity index is 1.36. The van der Waals surface area contributed by atoms with Crippen molar-refractivity contribution in [3.8, 4) is 5.75 Å². The number of hydrogen-bond acceptors (Lipinski definition) is 7. The van der Waals surface area contributed by atoms with E-state index in [1.165, 1.54) is 17.7 Å². The number of aryl methyl sites for hydroxylation is 2. The fourth-order valence-corrected chi connectivity index (χ4v) is 4.55. The van der Waals surface area contributed by atoms with Gasteiger partial charge in [0.1, 0.15) is 11.6 Å². The third kappa shape index (κ3) is 6.40. The Labute approximate surface area is 212 Å². The highest BCUT2D eigenvalue weighted by Crippen LogP contribution is 2.19. The zero-order valence-corrected chi connectivity index (χ0v) is 21.7. The molecule has 8 nitrogen and oxygen atoms in total. The molecule has 36 heavy (non-hydrogen) atoms. The monoisotopic (exact) mass is 496 g/mol. The molecular weight excluding hydrogens is 459 g/mol. The van der Waals surface area contributed by atoms with E-state index in [-0.39, 0.29) is 17.5 Å². The Morgan fingerprint density at radius 1 is 1.11 bits per heavy atom. The third-order valence-corrected chi connectivity index (χ3v) is 6.90. The molecule has 1 N–H and O–H groups in total. The van der Waals surface area contributed by atoms with Crippen LogP contribution in [-0.4, -0.2) is 90.9 Å². The van der Waals surface area contributed by atoms with Gasteiger partial charge in [-0.3, -0.25) is 19.2 Å². The summed E-state index contributed by atoms with van der Waals surface area (Å²) >= 11 is 0. The molecule has 2 heterocycles. The van der Waals surface area contributed by atoms with Gasteiger partial charge in [0.2, 0.25) is 0 Å². The van der Waals surface area contributed by atoms with E-state index in [2.05, 4.69) is 46.0 Å². The van der Waals surface area contributed by atoms with E-state index in [9.17, 15) is 9.18 Å². The summed E-state index contributed by atoms with van der Waals surface area (Å²) < 4.78 is 20.9. The number of benzene rings is 2. The van der Waals surface area contributed by atoms with E-state index in [1.807, 2.05) is 18.2 Å². The summed E-state index contributed by atoms with van der Waals surface area (Å²) in [7, 11) is 5.73. The Kier molecular flexibility index (Phi) is 8.56. The van der Waals surface area contributed by atoms with Crippen molar-refractivity contribution in [2.24, 2.45) is 0 Å². The van der Waals surface area contributed by atoms with Crippen molar-refractivity contribution in [3.05, 3.63) is 64.5 Å². The SMILES string of the molecule is COc1ccc(CCn2cnc3cc(NC(C)N4CCN(CCN(C)C)CC4)ccc3c2=O)c(F)c1. The van der Waals surface area contributed by atoms with Gasteiger partial charge in [0, 0.05) is 57.6 Å². The van der Waals surface area contributed by atoms with Crippen molar-refractivity contribution < 1.29 is 9.13 Å². The van der Waals surface area contributed by atoms with Gasteiger partial charge < -0.3 is 15.0 Å². The fraction of sp³-hybridized carbons (Fsp3) is 0.481.